The number of hydrogen-bond donors (Lipinski definition) is 1. The molecule has 4 aromatic rings. The highest BCUT2D eigenvalue weighted by atomic mass is 32.2. The predicted molar refractivity (Wildman–Crippen MR) is 127 cm³/mol. The second kappa shape index (κ2) is 9.16. The van der Waals surface area contributed by atoms with Crippen molar-refractivity contribution in [1.29, 1.82) is 0 Å². The maximum absolute atomic E-state index is 12.7. The Kier molecular flexibility index (Phi) is 6.36. The van der Waals surface area contributed by atoms with Gasteiger partial charge in [-0.3, -0.25) is 9.59 Å². The quantitative estimate of drug-likeness (QED) is 0.426. The van der Waals surface area contributed by atoms with Crippen LogP contribution in [0.1, 0.15) is 18.3 Å². The molecule has 1 unspecified atom stereocenters. The normalized spacial score (nSPS) is 12.2. The molecule has 1 amide bonds. The van der Waals surface area contributed by atoms with E-state index < -0.39 is 0 Å². The lowest BCUT2D eigenvalue weighted by Crippen LogP contribution is -2.32. The SMILES string of the molecule is CC(SCc1nc2scc(-c3ccccc3)c2c(=O)[nH]1)C(=O)N(C)Cc1ccsc1. The van der Waals surface area contributed by atoms with Gasteiger partial charge in [0.25, 0.3) is 5.56 Å². The molecule has 3 aromatic heterocycles. The number of nitrogens with one attached hydrogen (secondary N) is 1. The molecule has 30 heavy (non-hydrogen) atoms. The van der Waals surface area contributed by atoms with Gasteiger partial charge in [0.1, 0.15) is 10.7 Å². The standard InChI is InChI=1S/C22H21N3O2S3/c1-14(22(27)25(2)10-15-8-9-28-11-15)29-13-18-23-20(26)19-17(12-30-21(19)24-18)16-6-4-3-5-7-16/h3-9,11-12,14H,10,13H2,1-2H3,(H,23,24,26). The number of nitrogens with zero attached hydrogens (tertiary/aromatic N) is 2. The van der Waals surface area contributed by atoms with Crippen LogP contribution in [-0.2, 0) is 17.1 Å². The number of H-pyrrole nitrogens is 1. The van der Waals surface area contributed by atoms with Gasteiger partial charge in [-0.15, -0.1) is 23.1 Å². The predicted octanol–water partition coefficient (Wildman–Crippen LogP) is 4.99. The molecule has 0 radical (unpaired) electrons. The Morgan fingerprint density at radius 1 is 1.23 bits per heavy atom. The number of thioether (sulfide) groups is 1. The van der Waals surface area contributed by atoms with Crippen molar-refractivity contribution >= 4 is 50.6 Å². The summed E-state index contributed by atoms with van der Waals surface area (Å²) in [5.74, 6) is 1.14. The number of thiophene rings is 2. The molecule has 154 valence electrons. The maximum Gasteiger partial charge on any atom is 0.260 e. The van der Waals surface area contributed by atoms with Crippen LogP contribution in [0.3, 0.4) is 0 Å². The number of fused-ring (bicyclic) bond motifs is 1. The highest BCUT2D eigenvalue weighted by molar-refractivity contribution is 7.99. The summed E-state index contributed by atoms with van der Waals surface area (Å²) in [6.45, 7) is 2.50. The fraction of sp³-hybridized carbons (Fsp3) is 0.227. The number of aromatic amines is 1. The van der Waals surface area contributed by atoms with Crippen LogP contribution < -0.4 is 5.56 Å². The molecule has 4 rings (SSSR count). The van der Waals surface area contributed by atoms with Crippen molar-refractivity contribution in [2.24, 2.45) is 0 Å². The summed E-state index contributed by atoms with van der Waals surface area (Å²) in [6.07, 6.45) is 0. The first kappa shape index (κ1) is 20.8. The number of amides is 1. The third-order valence-electron chi connectivity index (χ3n) is 4.77. The summed E-state index contributed by atoms with van der Waals surface area (Å²) in [5, 5.41) is 6.44. The van der Waals surface area contributed by atoms with E-state index in [1.165, 1.54) is 23.1 Å². The van der Waals surface area contributed by atoms with Crippen LogP contribution in [0.15, 0.2) is 57.3 Å². The first-order chi connectivity index (χ1) is 14.5. The van der Waals surface area contributed by atoms with Gasteiger partial charge in [-0.2, -0.15) is 11.3 Å². The Hall–Kier alpha value is -2.42. The van der Waals surface area contributed by atoms with Crippen LogP contribution in [-0.4, -0.2) is 33.1 Å². The number of rotatable bonds is 7. The van der Waals surface area contributed by atoms with E-state index in [-0.39, 0.29) is 16.7 Å². The number of aromatic nitrogens is 2. The molecule has 1 atom stereocenters. The Bertz CT molecular complexity index is 1200. The number of carbonyl (C=O) groups excluding carboxylic acids is 1. The van der Waals surface area contributed by atoms with Crippen molar-refractivity contribution in [3.8, 4) is 11.1 Å². The molecule has 0 fully saturated rings. The lowest BCUT2D eigenvalue weighted by atomic mass is 10.1. The van der Waals surface area contributed by atoms with Crippen LogP contribution in [0.2, 0.25) is 0 Å². The minimum atomic E-state index is -0.224. The molecule has 0 aliphatic rings. The molecule has 0 saturated heterocycles. The minimum absolute atomic E-state index is 0.0668. The summed E-state index contributed by atoms with van der Waals surface area (Å²) in [6, 6.07) is 11.9. The van der Waals surface area contributed by atoms with Crippen LogP contribution in [0.4, 0.5) is 0 Å². The van der Waals surface area contributed by atoms with Gasteiger partial charge in [0, 0.05) is 24.5 Å². The Labute approximate surface area is 186 Å². The summed E-state index contributed by atoms with van der Waals surface area (Å²) >= 11 is 4.58. The molecule has 1 N–H and O–H groups in total. The number of hydrogen-bond acceptors (Lipinski definition) is 6. The second-order valence-corrected chi connectivity index (χ2v) is 9.95. The third kappa shape index (κ3) is 4.50. The van der Waals surface area contributed by atoms with E-state index in [1.807, 2.05) is 61.1 Å². The minimum Gasteiger partial charge on any atom is -0.340 e. The van der Waals surface area contributed by atoms with Crippen LogP contribution in [0.25, 0.3) is 21.3 Å². The van der Waals surface area contributed by atoms with E-state index in [0.717, 1.165) is 21.5 Å². The summed E-state index contributed by atoms with van der Waals surface area (Å²) in [4.78, 5) is 35.4. The zero-order valence-corrected chi connectivity index (χ0v) is 19.1. The summed E-state index contributed by atoms with van der Waals surface area (Å²) < 4.78 is 0. The first-order valence-electron chi connectivity index (χ1n) is 9.46. The van der Waals surface area contributed by atoms with Crippen molar-refractivity contribution in [1.82, 2.24) is 14.9 Å². The lowest BCUT2D eigenvalue weighted by molar-refractivity contribution is -0.129. The highest BCUT2D eigenvalue weighted by Gasteiger charge is 2.19. The molecule has 0 spiro atoms. The Balaban J connectivity index is 1.45. The first-order valence-corrected chi connectivity index (χ1v) is 12.3. The van der Waals surface area contributed by atoms with E-state index in [1.54, 1.807) is 16.2 Å². The average molecular weight is 456 g/mol. The molecular weight excluding hydrogens is 434 g/mol. The van der Waals surface area contributed by atoms with E-state index >= 15 is 0 Å². The molecule has 0 aliphatic heterocycles. The fourth-order valence-electron chi connectivity index (χ4n) is 3.21. The Morgan fingerprint density at radius 2 is 2.03 bits per heavy atom. The molecule has 1 aromatic carbocycles. The maximum atomic E-state index is 12.7. The van der Waals surface area contributed by atoms with Gasteiger partial charge < -0.3 is 9.88 Å². The third-order valence-corrected chi connectivity index (χ3v) is 7.52. The molecular formula is C22H21N3O2S3. The topological polar surface area (TPSA) is 66.1 Å². The summed E-state index contributed by atoms with van der Waals surface area (Å²) in [7, 11) is 1.82. The summed E-state index contributed by atoms with van der Waals surface area (Å²) in [5.41, 5.74) is 2.91. The van der Waals surface area contributed by atoms with Gasteiger partial charge in [0.05, 0.1) is 16.4 Å². The molecule has 5 nitrogen and oxygen atoms in total. The van der Waals surface area contributed by atoms with E-state index in [2.05, 4.69) is 15.3 Å². The van der Waals surface area contributed by atoms with Gasteiger partial charge in [-0.05, 0) is 34.9 Å². The van der Waals surface area contributed by atoms with Gasteiger partial charge in [-0.25, -0.2) is 4.98 Å². The number of benzene rings is 1. The van der Waals surface area contributed by atoms with Crippen molar-refractivity contribution in [2.45, 2.75) is 24.5 Å². The van der Waals surface area contributed by atoms with Gasteiger partial charge in [-0.1, -0.05) is 30.3 Å². The monoisotopic (exact) mass is 455 g/mol. The number of carbonyl (C=O) groups is 1. The van der Waals surface area contributed by atoms with Gasteiger partial charge in [0.15, 0.2) is 0 Å². The Morgan fingerprint density at radius 3 is 2.77 bits per heavy atom. The van der Waals surface area contributed by atoms with Crippen molar-refractivity contribution in [3.05, 3.63) is 74.3 Å². The van der Waals surface area contributed by atoms with Gasteiger partial charge in [0.2, 0.25) is 5.91 Å². The van der Waals surface area contributed by atoms with Crippen LogP contribution in [0, 0.1) is 0 Å². The molecule has 0 saturated carbocycles. The van der Waals surface area contributed by atoms with Crippen molar-refractivity contribution < 1.29 is 4.79 Å². The van der Waals surface area contributed by atoms with Crippen molar-refractivity contribution in [3.63, 3.8) is 0 Å². The molecule has 8 heteroatoms. The zero-order valence-electron chi connectivity index (χ0n) is 16.6. The van der Waals surface area contributed by atoms with E-state index in [9.17, 15) is 9.59 Å². The van der Waals surface area contributed by atoms with Gasteiger partial charge >= 0.3 is 0 Å². The van der Waals surface area contributed by atoms with Crippen LogP contribution >= 0.6 is 34.4 Å². The average Bonchev–Trinajstić information content (AvgIpc) is 3.42. The largest absolute Gasteiger partial charge is 0.340 e. The van der Waals surface area contributed by atoms with E-state index in [0.29, 0.717) is 23.5 Å². The fourth-order valence-corrected chi connectivity index (χ4v) is 5.71. The molecule has 0 bridgehead atoms. The zero-order chi connectivity index (χ0) is 21.1. The highest BCUT2D eigenvalue weighted by Crippen LogP contribution is 2.31. The van der Waals surface area contributed by atoms with Crippen molar-refractivity contribution in [2.75, 3.05) is 7.05 Å². The molecule has 0 aliphatic carbocycles. The van der Waals surface area contributed by atoms with E-state index in [4.69, 9.17) is 0 Å². The van der Waals surface area contributed by atoms with Crippen LogP contribution in [0.5, 0.6) is 0 Å². The second-order valence-electron chi connectivity index (χ2n) is 6.99. The smallest absolute Gasteiger partial charge is 0.260 e. The molecule has 3 heterocycles. The lowest BCUT2D eigenvalue weighted by Gasteiger charge is -2.20.